The van der Waals surface area contributed by atoms with Gasteiger partial charge < -0.3 is 15.0 Å². The predicted molar refractivity (Wildman–Crippen MR) is 123 cm³/mol. The topological polar surface area (TPSA) is 95.0 Å². The van der Waals surface area contributed by atoms with Crippen LogP contribution in [0.2, 0.25) is 0 Å². The van der Waals surface area contributed by atoms with Crippen molar-refractivity contribution < 1.29 is 9.53 Å². The van der Waals surface area contributed by atoms with Crippen molar-refractivity contribution in [3.63, 3.8) is 0 Å². The van der Waals surface area contributed by atoms with Crippen molar-refractivity contribution in [3.8, 4) is 11.8 Å². The van der Waals surface area contributed by atoms with Crippen molar-refractivity contribution >= 4 is 5.91 Å². The molecule has 6 nitrogen and oxygen atoms in total. The van der Waals surface area contributed by atoms with E-state index in [-0.39, 0.29) is 23.5 Å². The van der Waals surface area contributed by atoms with Crippen LogP contribution in [0.4, 0.5) is 0 Å². The number of nitrogens with zero attached hydrogens (tertiary/aromatic N) is 1. The van der Waals surface area contributed by atoms with Gasteiger partial charge in [0.05, 0.1) is 0 Å². The first kappa shape index (κ1) is 22.8. The molecule has 0 atom stereocenters. The first-order valence-corrected chi connectivity index (χ1v) is 10.5. The number of carbonyl (C=O) groups excluding carboxylic acids is 1. The second-order valence-corrected chi connectivity index (χ2v) is 7.87. The van der Waals surface area contributed by atoms with E-state index in [1.165, 1.54) is 5.56 Å². The number of hydrogen-bond acceptors (Lipinski definition) is 4. The summed E-state index contributed by atoms with van der Waals surface area (Å²) in [7, 11) is 0. The number of aromatic amines is 1. The number of hydrogen-bond donors (Lipinski definition) is 2. The molecule has 164 valence electrons. The number of pyridine rings is 1. The average Bonchev–Trinajstić information content (AvgIpc) is 2.77. The Hall–Kier alpha value is -3.85. The van der Waals surface area contributed by atoms with Crippen molar-refractivity contribution in [2.75, 3.05) is 0 Å². The minimum absolute atomic E-state index is 0.0896. The highest BCUT2D eigenvalue weighted by molar-refractivity contribution is 5.76. The number of carbonyl (C=O) groups is 1. The molecule has 0 aliphatic heterocycles. The van der Waals surface area contributed by atoms with E-state index in [1.807, 2.05) is 42.5 Å². The molecule has 6 heteroatoms. The number of nitriles is 1. The van der Waals surface area contributed by atoms with Gasteiger partial charge in [0, 0.05) is 18.7 Å². The van der Waals surface area contributed by atoms with E-state index < -0.39 is 0 Å². The summed E-state index contributed by atoms with van der Waals surface area (Å²) in [5.74, 6) is 0.687. The molecule has 0 bridgehead atoms. The minimum atomic E-state index is -0.387. The van der Waals surface area contributed by atoms with E-state index >= 15 is 0 Å². The Kier molecular flexibility index (Phi) is 7.45. The quantitative estimate of drug-likeness (QED) is 0.566. The second-order valence-electron chi connectivity index (χ2n) is 7.87. The molecular formula is C26H27N3O3. The van der Waals surface area contributed by atoms with Crippen LogP contribution in [0.3, 0.4) is 0 Å². The Labute approximate surface area is 187 Å². The molecule has 0 spiro atoms. The van der Waals surface area contributed by atoms with E-state index in [4.69, 9.17) is 10.00 Å². The van der Waals surface area contributed by atoms with Crippen molar-refractivity contribution in [3.05, 3.63) is 98.0 Å². The third-order valence-corrected chi connectivity index (χ3v) is 5.42. The zero-order chi connectivity index (χ0) is 23.1. The predicted octanol–water partition coefficient (Wildman–Crippen LogP) is 4.00. The molecule has 0 unspecified atom stereocenters. The molecule has 0 fully saturated rings. The van der Waals surface area contributed by atoms with E-state index in [1.54, 1.807) is 13.8 Å². The Balaban J connectivity index is 1.49. The third-order valence-electron chi connectivity index (χ3n) is 5.42. The summed E-state index contributed by atoms with van der Waals surface area (Å²) in [6, 6.07) is 17.8. The molecule has 2 aromatic carbocycles. The highest BCUT2D eigenvalue weighted by atomic mass is 16.5. The maximum absolute atomic E-state index is 12.3. The van der Waals surface area contributed by atoms with Gasteiger partial charge in [0.2, 0.25) is 5.91 Å². The van der Waals surface area contributed by atoms with Gasteiger partial charge >= 0.3 is 0 Å². The molecule has 0 aliphatic rings. The smallest absolute Gasteiger partial charge is 0.266 e. The van der Waals surface area contributed by atoms with Crippen LogP contribution in [0.25, 0.3) is 0 Å². The number of aromatic nitrogens is 1. The molecule has 32 heavy (non-hydrogen) atoms. The Morgan fingerprint density at radius 2 is 1.84 bits per heavy atom. The molecule has 1 aromatic heterocycles. The molecule has 1 amide bonds. The van der Waals surface area contributed by atoms with Gasteiger partial charge in [-0.1, -0.05) is 42.0 Å². The number of benzene rings is 2. The maximum atomic E-state index is 12.3. The fraction of sp³-hybridized carbons (Fsp3) is 0.269. The minimum Gasteiger partial charge on any atom is -0.489 e. The van der Waals surface area contributed by atoms with Gasteiger partial charge in [0.1, 0.15) is 24.0 Å². The van der Waals surface area contributed by atoms with Crippen LogP contribution in [0.1, 0.15) is 45.5 Å². The van der Waals surface area contributed by atoms with Gasteiger partial charge in [-0.2, -0.15) is 5.26 Å². The molecule has 0 aliphatic carbocycles. The first-order valence-electron chi connectivity index (χ1n) is 10.5. The lowest BCUT2D eigenvalue weighted by atomic mass is 9.99. The van der Waals surface area contributed by atoms with Crippen LogP contribution < -0.4 is 15.6 Å². The molecule has 0 saturated heterocycles. The lowest BCUT2D eigenvalue weighted by Crippen LogP contribution is -2.24. The van der Waals surface area contributed by atoms with E-state index in [0.29, 0.717) is 30.8 Å². The van der Waals surface area contributed by atoms with E-state index in [2.05, 4.69) is 29.4 Å². The van der Waals surface area contributed by atoms with Gasteiger partial charge in [-0.15, -0.1) is 0 Å². The summed E-state index contributed by atoms with van der Waals surface area (Å²) in [6.07, 6.45) is 0.733. The van der Waals surface area contributed by atoms with Crippen molar-refractivity contribution in [2.24, 2.45) is 0 Å². The largest absolute Gasteiger partial charge is 0.489 e. The van der Waals surface area contributed by atoms with Crippen LogP contribution >= 0.6 is 0 Å². The third kappa shape index (κ3) is 5.86. The molecule has 0 radical (unpaired) electrons. The SMILES string of the molecule is Cc1cccc(COc2ccc(CNC(=O)CCc3c(C)[nH]c(=O)c(C#N)c3C)cc2)c1. The van der Waals surface area contributed by atoms with Gasteiger partial charge in [-0.25, -0.2) is 0 Å². The fourth-order valence-electron chi connectivity index (χ4n) is 3.62. The molecular weight excluding hydrogens is 402 g/mol. The summed E-state index contributed by atoms with van der Waals surface area (Å²) in [5.41, 5.74) is 5.20. The zero-order valence-corrected chi connectivity index (χ0v) is 18.6. The first-order chi connectivity index (χ1) is 15.4. The van der Waals surface area contributed by atoms with E-state index in [0.717, 1.165) is 22.4 Å². The normalized spacial score (nSPS) is 10.4. The zero-order valence-electron chi connectivity index (χ0n) is 18.6. The van der Waals surface area contributed by atoms with Crippen LogP contribution in [-0.2, 0) is 24.4 Å². The van der Waals surface area contributed by atoms with Crippen LogP contribution in [0, 0.1) is 32.1 Å². The number of nitrogens with one attached hydrogen (secondary N) is 2. The molecule has 1 heterocycles. The van der Waals surface area contributed by atoms with Crippen molar-refractivity contribution in [2.45, 2.75) is 46.8 Å². The van der Waals surface area contributed by atoms with E-state index in [9.17, 15) is 9.59 Å². The summed E-state index contributed by atoms with van der Waals surface area (Å²) in [4.78, 5) is 26.8. The number of aryl methyl sites for hydroxylation is 2. The Morgan fingerprint density at radius 1 is 1.09 bits per heavy atom. The summed E-state index contributed by atoms with van der Waals surface area (Å²) in [6.45, 7) is 6.51. The molecule has 3 aromatic rings. The van der Waals surface area contributed by atoms with Crippen LogP contribution in [0.5, 0.6) is 5.75 Å². The fourth-order valence-corrected chi connectivity index (χ4v) is 3.62. The van der Waals surface area contributed by atoms with Crippen molar-refractivity contribution in [1.29, 1.82) is 5.26 Å². The molecule has 3 rings (SSSR count). The summed E-state index contributed by atoms with van der Waals surface area (Å²) in [5, 5.41) is 12.1. The number of ether oxygens (including phenoxy) is 1. The van der Waals surface area contributed by atoms with Gasteiger partial charge in [0.25, 0.3) is 5.56 Å². The average molecular weight is 430 g/mol. The van der Waals surface area contributed by atoms with Gasteiger partial charge in [-0.05, 0) is 61.6 Å². The Morgan fingerprint density at radius 3 is 2.53 bits per heavy atom. The van der Waals surface area contributed by atoms with Gasteiger partial charge in [-0.3, -0.25) is 9.59 Å². The number of rotatable bonds is 8. The Bertz CT molecular complexity index is 1200. The van der Waals surface area contributed by atoms with Crippen molar-refractivity contribution in [1.82, 2.24) is 10.3 Å². The lowest BCUT2D eigenvalue weighted by molar-refractivity contribution is -0.121. The number of amides is 1. The highest BCUT2D eigenvalue weighted by Crippen LogP contribution is 2.16. The molecule has 2 N–H and O–H groups in total. The lowest BCUT2D eigenvalue weighted by Gasteiger charge is -2.11. The van der Waals surface area contributed by atoms with Crippen LogP contribution in [0.15, 0.2) is 53.3 Å². The maximum Gasteiger partial charge on any atom is 0.266 e. The standard InChI is InChI=1S/C26H27N3O3/c1-17-5-4-6-21(13-17)16-32-22-9-7-20(8-10-22)15-28-25(30)12-11-23-18(2)24(14-27)26(31)29-19(23)3/h4-10,13H,11-12,15-16H2,1-3H3,(H,28,30)(H,29,31). The van der Waals surface area contributed by atoms with Gasteiger partial charge in [0.15, 0.2) is 0 Å². The van der Waals surface area contributed by atoms with Crippen LogP contribution in [-0.4, -0.2) is 10.9 Å². The second kappa shape index (κ2) is 10.5. The molecule has 0 saturated carbocycles. The monoisotopic (exact) mass is 429 g/mol. The summed E-state index contributed by atoms with van der Waals surface area (Å²) < 4.78 is 5.83. The number of H-pyrrole nitrogens is 1. The summed E-state index contributed by atoms with van der Waals surface area (Å²) >= 11 is 0. The highest BCUT2D eigenvalue weighted by Gasteiger charge is 2.13.